The fourth-order valence-electron chi connectivity index (χ4n) is 5.64. The van der Waals surface area contributed by atoms with E-state index in [1.54, 1.807) is 18.2 Å². The maximum atomic E-state index is 14.7. The summed E-state index contributed by atoms with van der Waals surface area (Å²) in [7, 11) is 0. The number of hydrogen-bond donors (Lipinski definition) is 0. The lowest BCUT2D eigenvalue weighted by Gasteiger charge is -2.41. The molecule has 2 saturated carbocycles. The van der Waals surface area contributed by atoms with Crippen molar-refractivity contribution in [2.75, 3.05) is 0 Å². The van der Waals surface area contributed by atoms with Gasteiger partial charge in [-0.25, -0.2) is 8.78 Å². The Morgan fingerprint density at radius 3 is 2.30 bits per heavy atom. The van der Waals surface area contributed by atoms with Crippen molar-refractivity contribution in [3.05, 3.63) is 84.5 Å². The van der Waals surface area contributed by atoms with Gasteiger partial charge in [0.05, 0.1) is 0 Å². The second-order valence-corrected chi connectivity index (χ2v) is 9.19. The number of halogens is 2. The van der Waals surface area contributed by atoms with Gasteiger partial charge in [0, 0.05) is 5.56 Å². The summed E-state index contributed by atoms with van der Waals surface area (Å²) in [5.41, 5.74) is 2.83. The van der Waals surface area contributed by atoms with E-state index in [9.17, 15) is 8.78 Å². The monoisotopic (exact) mass is 406 g/mol. The minimum Gasteiger partial charge on any atom is -0.203 e. The molecule has 2 aromatic rings. The van der Waals surface area contributed by atoms with E-state index in [4.69, 9.17) is 0 Å². The third-order valence-electron chi connectivity index (χ3n) is 7.46. The minimum atomic E-state index is -0.746. The van der Waals surface area contributed by atoms with Crippen molar-refractivity contribution >= 4 is 0 Å². The van der Waals surface area contributed by atoms with Gasteiger partial charge in [-0.2, -0.15) is 0 Å². The van der Waals surface area contributed by atoms with Gasteiger partial charge < -0.3 is 0 Å². The zero-order chi connectivity index (χ0) is 21.1. The number of hydrogen-bond acceptors (Lipinski definition) is 0. The highest BCUT2D eigenvalue weighted by Crippen LogP contribution is 2.47. The molecule has 0 saturated heterocycles. The molecule has 2 aliphatic rings. The number of allylic oxidation sites excluding steroid dienone is 2. The van der Waals surface area contributed by atoms with Crippen LogP contribution in [0.25, 0.3) is 11.1 Å². The van der Waals surface area contributed by atoms with Crippen molar-refractivity contribution in [2.24, 2.45) is 17.8 Å². The highest BCUT2D eigenvalue weighted by atomic mass is 19.2. The van der Waals surface area contributed by atoms with E-state index in [1.807, 2.05) is 12.1 Å². The molecule has 0 nitrogen and oxygen atoms in total. The number of aryl methyl sites for hydroxylation is 1. The van der Waals surface area contributed by atoms with Gasteiger partial charge in [-0.15, -0.1) is 13.2 Å². The summed E-state index contributed by atoms with van der Waals surface area (Å²) in [6.07, 6.45) is 12.7. The molecule has 0 N–H and O–H groups in total. The predicted octanol–water partition coefficient (Wildman–Crippen LogP) is 8.24. The Kier molecular flexibility index (Phi) is 6.51. The largest absolute Gasteiger partial charge is 0.203 e. The van der Waals surface area contributed by atoms with Gasteiger partial charge in [0.15, 0.2) is 11.6 Å². The number of benzene rings is 2. The normalized spacial score (nSPS) is 26.1. The first-order chi connectivity index (χ1) is 14.6. The Labute approximate surface area is 179 Å². The van der Waals surface area contributed by atoms with Crippen LogP contribution >= 0.6 is 0 Å². The van der Waals surface area contributed by atoms with E-state index >= 15 is 0 Å². The molecule has 2 aromatic carbocycles. The van der Waals surface area contributed by atoms with Crippen molar-refractivity contribution in [3.8, 4) is 11.1 Å². The molecular formula is C28H32F2. The van der Waals surface area contributed by atoms with E-state index in [0.29, 0.717) is 35.8 Å². The summed E-state index contributed by atoms with van der Waals surface area (Å²) >= 11 is 0. The maximum Gasteiger partial charge on any atom is 0.166 e. The van der Waals surface area contributed by atoms with Crippen LogP contribution in [0.3, 0.4) is 0 Å². The van der Waals surface area contributed by atoms with Crippen LogP contribution in [0.1, 0.15) is 62.0 Å². The second-order valence-electron chi connectivity index (χ2n) is 9.19. The maximum absolute atomic E-state index is 14.7. The summed E-state index contributed by atoms with van der Waals surface area (Å²) < 4.78 is 29.1. The van der Waals surface area contributed by atoms with E-state index in [0.717, 1.165) is 17.4 Å². The average molecular weight is 407 g/mol. The molecule has 0 spiro atoms. The molecular weight excluding hydrogens is 374 g/mol. The first kappa shape index (κ1) is 21.0. The van der Waals surface area contributed by atoms with Crippen LogP contribution in [0.4, 0.5) is 8.78 Å². The molecule has 0 aromatic heterocycles. The molecule has 0 amide bonds. The summed E-state index contributed by atoms with van der Waals surface area (Å²) in [5.74, 6) is 1.50. The molecule has 0 aliphatic heterocycles. The van der Waals surface area contributed by atoms with Gasteiger partial charge in [-0.05, 0) is 91.7 Å². The minimum absolute atomic E-state index is 0.341. The van der Waals surface area contributed by atoms with Crippen molar-refractivity contribution in [3.63, 3.8) is 0 Å². The fraction of sp³-hybridized carbons (Fsp3) is 0.429. The van der Waals surface area contributed by atoms with E-state index in [2.05, 4.69) is 31.4 Å². The Balaban J connectivity index is 1.47. The standard InChI is InChI=1S/C28H32F2/c1-3-5-6-22-15-16-26(28(30)27(22)29)21-11-9-20(10-12-21)24-14-13-23-17-19(4-2)7-8-25(23)18-24/h3-4,9-12,15-16,19,23-25H,1-2,5-8,13-14,17-18H2. The highest BCUT2D eigenvalue weighted by Gasteiger charge is 2.35. The van der Waals surface area contributed by atoms with Crippen molar-refractivity contribution in [1.82, 2.24) is 0 Å². The number of rotatable bonds is 6. The van der Waals surface area contributed by atoms with E-state index < -0.39 is 11.6 Å². The van der Waals surface area contributed by atoms with Crippen LogP contribution in [0.2, 0.25) is 0 Å². The number of fused-ring (bicyclic) bond motifs is 1. The Bertz CT molecular complexity index is 896. The summed E-state index contributed by atoms with van der Waals surface area (Å²) in [4.78, 5) is 0. The van der Waals surface area contributed by atoms with Gasteiger partial charge in [0.25, 0.3) is 0 Å². The lowest BCUT2D eigenvalue weighted by atomic mass is 9.64. The predicted molar refractivity (Wildman–Crippen MR) is 121 cm³/mol. The molecule has 2 heteroatoms. The van der Waals surface area contributed by atoms with Gasteiger partial charge in [0.2, 0.25) is 0 Å². The molecule has 0 heterocycles. The molecule has 0 bridgehead atoms. The Morgan fingerprint density at radius 1 is 0.833 bits per heavy atom. The lowest BCUT2D eigenvalue weighted by molar-refractivity contribution is 0.133. The van der Waals surface area contributed by atoms with Gasteiger partial charge in [-0.3, -0.25) is 0 Å². The molecule has 4 atom stereocenters. The van der Waals surface area contributed by atoms with Crippen molar-refractivity contribution in [1.29, 1.82) is 0 Å². The molecule has 2 aliphatic carbocycles. The van der Waals surface area contributed by atoms with Crippen LogP contribution in [-0.4, -0.2) is 0 Å². The van der Waals surface area contributed by atoms with Crippen LogP contribution in [0.5, 0.6) is 0 Å². The SMILES string of the molecule is C=CCCc1ccc(-c2ccc(C3CCC4CC(C=C)CCC4C3)cc2)c(F)c1F. The molecule has 4 rings (SSSR count). The smallest absolute Gasteiger partial charge is 0.166 e. The summed E-state index contributed by atoms with van der Waals surface area (Å²) in [6, 6.07) is 11.6. The molecule has 30 heavy (non-hydrogen) atoms. The lowest BCUT2D eigenvalue weighted by Crippen LogP contribution is -2.29. The van der Waals surface area contributed by atoms with E-state index in [-0.39, 0.29) is 0 Å². The van der Waals surface area contributed by atoms with Crippen LogP contribution in [-0.2, 0) is 6.42 Å². The van der Waals surface area contributed by atoms with Crippen molar-refractivity contribution < 1.29 is 8.78 Å². The molecule has 2 fully saturated rings. The Hall–Kier alpha value is -2.22. The van der Waals surface area contributed by atoms with Gasteiger partial charge in [0.1, 0.15) is 0 Å². The van der Waals surface area contributed by atoms with Crippen LogP contribution in [0, 0.1) is 29.4 Å². The average Bonchev–Trinajstić information content (AvgIpc) is 2.79. The van der Waals surface area contributed by atoms with Crippen molar-refractivity contribution in [2.45, 2.75) is 57.3 Å². The molecule has 0 radical (unpaired) electrons. The summed E-state index contributed by atoms with van der Waals surface area (Å²) in [6.45, 7) is 7.64. The third kappa shape index (κ3) is 4.29. The zero-order valence-electron chi connectivity index (χ0n) is 17.8. The van der Waals surface area contributed by atoms with Crippen LogP contribution < -0.4 is 0 Å². The molecule has 4 unspecified atom stereocenters. The first-order valence-corrected chi connectivity index (χ1v) is 11.4. The topological polar surface area (TPSA) is 0 Å². The van der Waals surface area contributed by atoms with Crippen LogP contribution in [0.15, 0.2) is 61.7 Å². The summed E-state index contributed by atoms with van der Waals surface area (Å²) in [5, 5.41) is 0. The molecule has 158 valence electrons. The quantitative estimate of drug-likeness (QED) is 0.424. The van der Waals surface area contributed by atoms with E-state index in [1.165, 1.54) is 44.1 Å². The fourth-order valence-corrected chi connectivity index (χ4v) is 5.64. The Morgan fingerprint density at radius 2 is 1.57 bits per heavy atom. The van der Waals surface area contributed by atoms with Gasteiger partial charge in [-0.1, -0.05) is 48.6 Å². The zero-order valence-corrected chi connectivity index (χ0v) is 17.8. The third-order valence-corrected chi connectivity index (χ3v) is 7.46. The first-order valence-electron chi connectivity index (χ1n) is 11.4. The highest BCUT2D eigenvalue weighted by molar-refractivity contribution is 5.65. The van der Waals surface area contributed by atoms with Gasteiger partial charge >= 0.3 is 0 Å². The second kappa shape index (κ2) is 9.29.